The molecule has 0 heterocycles. The lowest BCUT2D eigenvalue weighted by molar-refractivity contribution is -0.128. The smallest absolute Gasteiger partial charge is 0.154 e. The molecule has 2 atom stereocenters. The molecule has 2 aliphatic carbocycles. The van der Waals surface area contributed by atoms with Crippen LogP contribution in [0.3, 0.4) is 0 Å². The Hall–Kier alpha value is 0.400. The average Bonchev–Trinajstić information content (AvgIpc) is 2.36. The Labute approximate surface area is 81.1 Å². The minimum Gasteiger partial charge on any atom is -0.298 e. The molecule has 2 rings (SSSR count). The second kappa shape index (κ2) is 2.01. The van der Waals surface area contributed by atoms with Gasteiger partial charge in [0.25, 0.3) is 0 Å². The summed E-state index contributed by atoms with van der Waals surface area (Å²) in [6, 6.07) is 0. The summed E-state index contributed by atoms with van der Waals surface area (Å²) >= 11 is 2.37. The van der Waals surface area contributed by atoms with Gasteiger partial charge in [-0.1, -0.05) is 36.4 Å². The average molecular weight is 264 g/mol. The Kier molecular flexibility index (Phi) is 1.46. The molecule has 0 N–H and O–H groups in total. The van der Waals surface area contributed by atoms with Crippen LogP contribution < -0.4 is 0 Å². The summed E-state index contributed by atoms with van der Waals surface area (Å²) in [6.07, 6.45) is 3.53. The standard InChI is InChI=1S/C9H13IO/c1-8(2)6-3-4-9(10,5-6)7(8)11/h6H,3-5H2,1-2H3/t6-,9+/m0/s1. The Morgan fingerprint density at radius 1 is 1.55 bits per heavy atom. The van der Waals surface area contributed by atoms with Crippen LogP contribution in [0, 0.1) is 11.3 Å². The van der Waals surface area contributed by atoms with Gasteiger partial charge in [0.2, 0.25) is 0 Å². The van der Waals surface area contributed by atoms with E-state index in [2.05, 4.69) is 36.4 Å². The summed E-state index contributed by atoms with van der Waals surface area (Å²) in [6.45, 7) is 4.22. The van der Waals surface area contributed by atoms with E-state index in [0.717, 1.165) is 12.8 Å². The summed E-state index contributed by atoms with van der Waals surface area (Å²) in [5, 5.41) is 0. The number of carbonyl (C=O) groups excluding carboxylic acids is 1. The molecule has 0 aromatic carbocycles. The molecule has 0 amide bonds. The highest BCUT2D eigenvalue weighted by Gasteiger charge is 2.60. The van der Waals surface area contributed by atoms with E-state index in [1.165, 1.54) is 6.42 Å². The fraction of sp³-hybridized carbons (Fsp3) is 0.889. The van der Waals surface area contributed by atoms with Crippen LogP contribution in [-0.2, 0) is 4.79 Å². The van der Waals surface area contributed by atoms with Crippen LogP contribution in [0.5, 0.6) is 0 Å². The number of carbonyl (C=O) groups is 1. The maximum atomic E-state index is 11.8. The maximum Gasteiger partial charge on any atom is 0.154 e. The molecule has 0 unspecified atom stereocenters. The monoisotopic (exact) mass is 264 g/mol. The predicted molar refractivity (Wildman–Crippen MR) is 52.9 cm³/mol. The van der Waals surface area contributed by atoms with E-state index in [1.807, 2.05) is 0 Å². The number of halogens is 1. The first-order valence-corrected chi connectivity index (χ1v) is 5.28. The second-order valence-electron chi connectivity index (χ2n) is 4.46. The predicted octanol–water partition coefficient (Wildman–Crippen LogP) is 2.57. The number of Topliss-reactive ketones (excluding diaryl/α,β-unsaturated/α-hetero) is 1. The van der Waals surface area contributed by atoms with Crippen molar-refractivity contribution in [1.29, 1.82) is 0 Å². The Morgan fingerprint density at radius 2 is 2.18 bits per heavy atom. The zero-order chi connectivity index (χ0) is 8.28. The first-order valence-electron chi connectivity index (χ1n) is 4.21. The summed E-state index contributed by atoms with van der Waals surface area (Å²) in [5.74, 6) is 1.17. The van der Waals surface area contributed by atoms with Gasteiger partial charge in [-0.3, -0.25) is 4.79 Å². The molecule has 2 fully saturated rings. The van der Waals surface area contributed by atoms with Gasteiger partial charge < -0.3 is 0 Å². The molecule has 1 nitrogen and oxygen atoms in total. The largest absolute Gasteiger partial charge is 0.298 e. The molecular formula is C9H13IO. The molecule has 2 heteroatoms. The lowest BCUT2D eigenvalue weighted by Gasteiger charge is -2.30. The van der Waals surface area contributed by atoms with E-state index in [4.69, 9.17) is 0 Å². The second-order valence-corrected chi connectivity index (χ2v) is 6.52. The highest BCUT2D eigenvalue weighted by Crippen LogP contribution is 2.59. The number of rotatable bonds is 0. The molecule has 0 aromatic heterocycles. The quantitative estimate of drug-likeness (QED) is 0.485. The van der Waals surface area contributed by atoms with Gasteiger partial charge in [0.15, 0.2) is 5.78 Å². The highest BCUT2D eigenvalue weighted by atomic mass is 127. The van der Waals surface area contributed by atoms with Gasteiger partial charge in [-0.2, -0.15) is 0 Å². The number of hydrogen-bond acceptors (Lipinski definition) is 1. The first kappa shape index (κ1) is 8.02. The normalized spacial score (nSPS) is 46.8. The Bertz CT molecular complexity index is 215. The van der Waals surface area contributed by atoms with Gasteiger partial charge in [-0.05, 0) is 25.2 Å². The van der Waals surface area contributed by atoms with Crippen molar-refractivity contribution in [3.63, 3.8) is 0 Å². The van der Waals surface area contributed by atoms with Gasteiger partial charge in [0.1, 0.15) is 0 Å². The summed E-state index contributed by atoms with van der Waals surface area (Å²) < 4.78 is 0.0337. The zero-order valence-corrected chi connectivity index (χ0v) is 9.14. The van der Waals surface area contributed by atoms with Gasteiger partial charge in [-0.25, -0.2) is 0 Å². The fourth-order valence-electron chi connectivity index (χ4n) is 2.58. The van der Waals surface area contributed by atoms with E-state index < -0.39 is 0 Å². The van der Waals surface area contributed by atoms with E-state index in [-0.39, 0.29) is 8.84 Å². The Balaban J connectivity index is 2.42. The van der Waals surface area contributed by atoms with E-state index in [1.54, 1.807) is 0 Å². The van der Waals surface area contributed by atoms with Crippen molar-refractivity contribution >= 4 is 28.4 Å². The lowest BCUT2D eigenvalue weighted by atomic mass is 9.76. The van der Waals surface area contributed by atoms with Crippen molar-refractivity contribution in [2.75, 3.05) is 0 Å². The minimum absolute atomic E-state index is 0.0144. The molecular weight excluding hydrogens is 251 g/mol. The SMILES string of the molecule is CC1(C)C(=O)[C@@]2(I)CC[C@H]1C2. The molecule has 0 radical (unpaired) electrons. The third-order valence-corrected chi connectivity index (χ3v) is 4.94. The molecule has 0 spiro atoms. The van der Waals surface area contributed by atoms with Gasteiger partial charge >= 0.3 is 0 Å². The molecule has 11 heavy (non-hydrogen) atoms. The molecule has 0 saturated heterocycles. The molecule has 62 valence electrons. The van der Waals surface area contributed by atoms with Crippen LogP contribution in [0.4, 0.5) is 0 Å². The number of ketones is 1. The van der Waals surface area contributed by atoms with Crippen molar-refractivity contribution in [3.05, 3.63) is 0 Å². The molecule has 2 bridgehead atoms. The molecule has 2 saturated carbocycles. The zero-order valence-electron chi connectivity index (χ0n) is 6.98. The summed E-state index contributed by atoms with van der Waals surface area (Å²) in [7, 11) is 0. The van der Waals surface area contributed by atoms with Crippen molar-refractivity contribution in [2.24, 2.45) is 11.3 Å². The van der Waals surface area contributed by atoms with E-state index >= 15 is 0 Å². The van der Waals surface area contributed by atoms with Crippen LogP contribution in [0.15, 0.2) is 0 Å². The number of fused-ring (bicyclic) bond motifs is 2. The van der Waals surface area contributed by atoms with Crippen LogP contribution in [0.2, 0.25) is 0 Å². The highest BCUT2D eigenvalue weighted by molar-refractivity contribution is 14.1. The lowest BCUT2D eigenvalue weighted by Crippen LogP contribution is -2.37. The van der Waals surface area contributed by atoms with Gasteiger partial charge in [-0.15, -0.1) is 0 Å². The maximum absolute atomic E-state index is 11.8. The van der Waals surface area contributed by atoms with Crippen molar-refractivity contribution in [3.8, 4) is 0 Å². The summed E-state index contributed by atoms with van der Waals surface area (Å²) in [4.78, 5) is 11.8. The fourth-order valence-corrected chi connectivity index (χ4v) is 4.12. The minimum atomic E-state index is -0.0144. The summed E-state index contributed by atoms with van der Waals surface area (Å²) in [5.41, 5.74) is -0.0144. The van der Waals surface area contributed by atoms with E-state index in [0.29, 0.717) is 11.7 Å². The van der Waals surface area contributed by atoms with Crippen LogP contribution >= 0.6 is 22.6 Å². The topological polar surface area (TPSA) is 17.1 Å². The van der Waals surface area contributed by atoms with Crippen molar-refractivity contribution in [1.82, 2.24) is 0 Å². The number of hydrogen-bond donors (Lipinski definition) is 0. The van der Waals surface area contributed by atoms with Crippen LogP contribution in [0.25, 0.3) is 0 Å². The van der Waals surface area contributed by atoms with Crippen molar-refractivity contribution in [2.45, 2.75) is 36.5 Å². The van der Waals surface area contributed by atoms with Crippen molar-refractivity contribution < 1.29 is 4.79 Å². The molecule has 2 aliphatic rings. The third-order valence-electron chi connectivity index (χ3n) is 3.47. The van der Waals surface area contributed by atoms with Gasteiger partial charge in [0.05, 0.1) is 3.42 Å². The third kappa shape index (κ3) is 0.849. The number of alkyl halides is 1. The van der Waals surface area contributed by atoms with Crippen LogP contribution in [0.1, 0.15) is 33.1 Å². The molecule has 0 aromatic rings. The first-order chi connectivity index (χ1) is 4.97. The Morgan fingerprint density at radius 3 is 2.45 bits per heavy atom. The van der Waals surface area contributed by atoms with Crippen LogP contribution in [-0.4, -0.2) is 9.20 Å². The van der Waals surface area contributed by atoms with Gasteiger partial charge in [0, 0.05) is 5.41 Å². The van der Waals surface area contributed by atoms with E-state index in [9.17, 15) is 4.79 Å². The molecule has 0 aliphatic heterocycles.